The van der Waals surface area contributed by atoms with E-state index in [-0.39, 0.29) is 0 Å². The van der Waals surface area contributed by atoms with Crippen molar-refractivity contribution < 1.29 is 0 Å². The van der Waals surface area contributed by atoms with E-state index < -0.39 is 0 Å². The molecule has 0 heterocycles. The fourth-order valence-electron chi connectivity index (χ4n) is 0.771. The predicted octanol–water partition coefficient (Wildman–Crippen LogP) is 1.69. The van der Waals surface area contributed by atoms with Crippen molar-refractivity contribution in [3.63, 3.8) is 0 Å². The Hall–Kier alpha value is -0.430. The van der Waals surface area contributed by atoms with E-state index in [9.17, 15) is 0 Å². The first-order chi connectivity index (χ1) is 6.70. The van der Waals surface area contributed by atoms with Gasteiger partial charge in [0.05, 0.1) is 0 Å². The molecule has 14 heavy (non-hydrogen) atoms. The van der Waals surface area contributed by atoms with Gasteiger partial charge in [0.15, 0.2) is 0 Å². The molecule has 0 aromatic heterocycles. The SMILES string of the molecule is CCNC.CN(C)Pc1ccccc1. The Morgan fingerprint density at radius 2 is 1.71 bits per heavy atom. The Balaban J connectivity index is 0.000000364. The third kappa shape index (κ3) is 8.18. The van der Waals surface area contributed by atoms with Crippen molar-refractivity contribution in [1.29, 1.82) is 0 Å². The number of hydrogen-bond acceptors (Lipinski definition) is 2. The summed E-state index contributed by atoms with van der Waals surface area (Å²) >= 11 is 0. The normalized spacial score (nSPS) is 10.4. The minimum Gasteiger partial charge on any atom is -0.320 e. The summed E-state index contributed by atoms with van der Waals surface area (Å²) in [5.41, 5.74) is 0. The van der Waals surface area contributed by atoms with Crippen LogP contribution in [0.3, 0.4) is 0 Å². The van der Waals surface area contributed by atoms with E-state index in [2.05, 4.69) is 55.3 Å². The Labute approximate surface area is 89.5 Å². The lowest BCUT2D eigenvalue weighted by Gasteiger charge is -2.07. The van der Waals surface area contributed by atoms with Crippen molar-refractivity contribution in [1.82, 2.24) is 9.99 Å². The maximum absolute atomic E-state index is 2.93. The van der Waals surface area contributed by atoms with Crippen LogP contribution in [0.25, 0.3) is 0 Å². The molecule has 0 saturated carbocycles. The summed E-state index contributed by atoms with van der Waals surface area (Å²) in [6, 6.07) is 10.5. The molecule has 3 heteroatoms. The molecule has 1 rings (SSSR count). The van der Waals surface area contributed by atoms with E-state index in [1.165, 1.54) is 5.30 Å². The molecule has 0 radical (unpaired) electrons. The topological polar surface area (TPSA) is 15.3 Å². The van der Waals surface area contributed by atoms with Crippen LogP contribution in [0.2, 0.25) is 0 Å². The summed E-state index contributed by atoms with van der Waals surface area (Å²) in [4.78, 5) is 0. The minimum atomic E-state index is 0.794. The van der Waals surface area contributed by atoms with Crippen LogP contribution in [0.15, 0.2) is 30.3 Å². The van der Waals surface area contributed by atoms with Crippen molar-refractivity contribution >= 4 is 14.0 Å². The molecular formula is C11H21N2P. The summed E-state index contributed by atoms with van der Waals surface area (Å²) in [6.45, 7) is 3.14. The molecule has 1 unspecified atom stereocenters. The van der Waals surface area contributed by atoms with Crippen LogP contribution in [0.5, 0.6) is 0 Å². The second-order valence-corrected chi connectivity index (χ2v) is 4.77. The summed E-state index contributed by atoms with van der Waals surface area (Å²) in [7, 11) is 6.90. The summed E-state index contributed by atoms with van der Waals surface area (Å²) < 4.78 is 2.19. The average Bonchev–Trinajstić information content (AvgIpc) is 2.19. The van der Waals surface area contributed by atoms with E-state index in [1.807, 2.05) is 13.1 Å². The molecule has 1 atom stereocenters. The molecule has 0 spiro atoms. The number of rotatable bonds is 3. The van der Waals surface area contributed by atoms with Gasteiger partial charge in [0, 0.05) is 0 Å². The van der Waals surface area contributed by atoms with E-state index in [1.54, 1.807) is 0 Å². The van der Waals surface area contributed by atoms with Gasteiger partial charge in [-0.1, -0.05) is 37.3 Å². The Morgan fingerprint density at radius 3 is 2.07 bits per heavy atom. The van der Waals surface area contributed by atoms with Crippen molar-refractivity contribution in [3.05, 3.63) is 30.3 Å². The van der Waals surface area contributed by atoms with Crippen LogP contribution in [-0.4, -0.2) is 32.4 Å². The lowest BCUT2D eigenvalue weighted by Crippen LogP contribution is -2.04. The Kier molecular flexibility index (Phi) is 8.86. The van der Waals surface area contributed by atoms with E-state index in [0.717, 1.165) is 15.3 Å². The van der Waals surface area contributed by atoms with Crippen LogP contribution in [-0.2, 0) is 0 Å². The number of nitrogens with zero attached hydrogens (tertiary/aromatic N) is 1. The van der Waals surface area contributed by atoms with Crippen molar-refractivity contribution in [3.8, 4) is 0 Å². The zero-order chi connectivity index (χ0) is 10.8. The van der Waals surface area contributed by atoms with Gasteiger partial charge >= 0.3 is 0 Å². The Bertz CT molecular complexity index is 210. The molecular weight excluding hydrogens is 191 g/mol. The highest BCUT2D eigenvalue weighted by Crippen LogP contribution is 2.10. The number of benzene rings is 1. The molecule has 1 aromatic rings. The van der Waals surface area contributed by atoms with Crippen molar-refractivity contribution in [2.45, 2.75) is 6.92 Å². The van der Waals surface area contributed by atoms with Crippen LogP contribution >= 0.6 is 8.73 Å². The van der Waals surface area contributed by atoms with Crippen molar-refractivity contribution in [2.75, 3.05) is 27.7 Å². The third-order valence-corrected chi connectivity index (χ3v) is 2.52. The first kappa shape index (κ1) is 13.6. The summed E-state index contributed by atoms with van der Waals surface area (Å²) in [6.07, 6.45) is 0. The third-order valence-electron chi connectivity index (χ3n) is 1.48. The highest BCUT2D eigenvalue weighted by molar-refractivity contribution is 7.44. The zero-order valence-electron chi connectivity index (χ0n) is 9.54. The van der Waals surface area contributed by atoms with Gasteiger partial charge < -0.3 is 5.32 Å². The number of nitrogens with one attached hydrogen (secondary N) is 1. The monoisotopic (exact) mass is 212 g/mol. The molecule has 0 aliphatic heterocycles. The molecule has 1 N–H and O–H groups in total. The van der Waals surface area contributed by atoms with Crippen LogP contribution < -0.4 is 10.6 Å². The molecule has 0 fully saturated rings. The standard InChI is InChI=1S/C8H12NP.C3H9N/c1-9(2)10-8-6-4-3-5-7-8;1-3-4-2/h3-7,10H,1-2H3;4H,3H2,1-2H3. The molecule has 1 aromatic carbocycles. The first-order valence-corrected chi connectivity index (χ1v) is 5.79. The van der Waals surface area contributed by atoms with Gasteiger partial charge in [-0.25, -0.2) is 0 Å². The molecule has 0 aliphatic carbocycles. The predicted molar refractivity (Wildman–Crippen MR) is 67.7 cm³/mol. The smallest absolute Gasteiger partial charge is 0.00804 e. The molecule has 0 amide bonds. The van der Waals surface area contributed by atoms with Gasteiger partial charge in [0.2, 0.25) is 0 Å². The van der Waals surface area contributed by atoms with E-state index in [0.29, 0.717) is 0 Å². The zero-order valence-corrected chi connectivity index (χ0v) is 10.5. The Morgan fingerprint density at radius 1 is 1.21 bits per heavy atom. The van der Waals surface area contributed by atoms with E-state index in [4.69, 9.17) is 0 Å². The molecule has 0 aliphatic rings. The van der Waals surface area contributed by atoms with Gasteiger partial charge in [-0.15, -0.1) is 0 Å². The van der Waals surface area contributed by atoms with Crippen molar-refractivity contribution in [2.24, 2.45) is 0 Å². The van der Waals surface area contributed by atoms with Gasteiger partial charge in [-0.3, -0.25) is 4.67 Å². The highest BCUT2D eigenvalue weighted by Gasteiger charge is 1.90. The second kappa shape index (κ2) is 9.14. The average molecular weight is 212 g/mol. The summed E-state index contributed by atoms with van der Waals surface area (Å²) in [5.74, 6) is 0. The highest BCUT2D eigenvalue weighted by atomic mass is 31.1. The first-order valence-electron chi connectivity index (χ1n) is 4.84. The summed E-state index contributed by atoms with van der Waals surface area (Å²) in [5, 5.41) is 4.33. The van der Waals surface area contributed by atoms with Crippen LogP contribution in [0.4, 0.5) is 0 Å². The quantitative estimate of drug-likeness (QED) is 0.767. The minimum absolute atomic E-state index is 0.794. The molecule has 2 nitrogen and oxygen atoms in total. The largest absolute Gasteiger partial charge is 0.320 e. The lowest BCUT2D eigenvalue weighted by molar-refractivity contribution is 0.697. The van der Waals surface area contributed by atoms with Gasteiger partial charge in [0.1, 0.15) is 0 Å². The fourth-order valence-corrected chi connectivity index (χ4v) is 1.63. The maximum Gasteiger partial charge on any atom is -0.00804 e. The lowest BCUT2D eigenvalue weighted by atomic mass is 10.4. The van der Waals surface area contributed by atoms with Crippen LogP contribution in [0.1, 0.15) is 6.92 Å². The molecule has 80 valence electrons. The van der Waals surface area contributed by atoms with E-state index >= 15 is 0 Å². The molecule has 0 bridgehead atoms. The van der Waals surface area contributed by atoms with Gasteiger partial charge in [-0.05, 0) is 41.7 Å². The van der Waals surface area contributed by atoms with Crippen LogP contribution in [0, 0.1) is 0 Å². The molecule has 0 saturated heterocycles. The number of hydrogen-bond donors (Lipinski definition) is 1. The van der Waals surface area contributed by atoms with Gasteiger partial charge in [-0.2, -0.15) is 0 Å². The van der Waals surface area contributed by atoms with Gasteiger partial charge in [0.25, 0.3) is 0 Å². The maximum atomic E-state index is 2.93. The second-order valence-electron chi connectivity index (χ2n) is 3.08. The fraction of sp³-hybridized carbons (Fsp3) is 0.455.